The van der Waals surface area contributed by atoms with Crippen LogP contribution in [0.5, 0.6) is 0 Å². The quantitative estimate of drug-likeness (QED) is 0.0668. The molecule has 0 aromatic carbocycles. The van der Waals surface area contributed by atoms with Crippen molar-refractivity contribution in [3.63, 3.8) is 0 Å². The molecule has 36 heavy (non-hydrogen) atoms. The van der Waals surface area contributed by atoms with Crippen LogP contribution in [0.2, 0.25) is 0 Å². The smallest absolute Gasteiger partial charge is 0.321 e. The summed E-state index contributed by atoms with van der Waals surface area (Å²) in [5.74, 6) is 0. The Balaban J connectivity index is 3.04. The van der Waals surface area contributed by atoms with Gasteiger partial charge < -0.3 is 14.3 Å². The Kier molecular flexibility index (Phi) is 30.5. The Labute approximate surface area is 232 Å². The van der Waals surface area contributed by atoms with Crippen LogP contribution in [-0.4, -0.2) is 16.4 Å². The minimum absolute atomic E-state index is 0.379. The van der Waals surface area contributed by atoms with E-state index in [9.17, 15) is 0 Å². The van der Waals surface area contributed by atoms with Crippen molar-refractivity contribution in [1.29, 1.82) is 0 Å². The van der Waals surface area contributed by atoms with Crippen molar-refractivity contribution in [3.8, 4) is 0 Å². The van der Waals surface area contributed by atoms with Crippen molar-refractivity contribution in [1.82, 2.24) is 0 Å². The average molecular weight is 549 g/mol. The molecule has 0 aliphatic carbocycles. The lowest BCUT2D eigenvalue weighted by atomic mass is 10.0. The summed E-state index contributed by atoms with van der Waals surface area (Å²) < 4.78 is 4.83. The maximum Gasteiger partial charge on any atom is 0.321 e. The first-order valence-electron chi connectivity index (χ1n) is 16.3. The SMILES string of the molecule is CCCCCCCCCCCCCCCCCCCCCCCCCCCCCCCOP(O)(O)=S. The second kappa shape index (κ2) is 30.1. The average Bonchev–Trinajstić information content (AvgIpc) is 2.84. The molecule has 0 spiro atoms. The van der Waals surface area contributed by atoms with Gasteiger partial charge in [-0.1, -0.05) is 187 Å². The molecule has 0 saturated carbocycles. The van der Waals surface area contributed by atoms with Gasteiger partial charge in [-0.05, 0) is 18.2 Å². The minimum Gasteiger partial charge on any atom is -0.325 e. The van der Waals surface area contributed by atoms with Crippen LogP contribution < -0.4 is 0 Å². The predicted octanol–water partition coefficient (Wildman–Crippen LogP) is 11.5. The van der Waals surface area contributed by atoms with Gasteiger partial charge in [-0.3, -0.25) is 0 Å². The lowest BCUT2D eigenvalue weighted by Gasteiger charge is -2.07. The first kappa shape index (κ1) is 36.5. The van der Waals surface area contributed by atoms with Gasteiger partial charge in [0.05, 0.1) is 6.61 Å². The Bertz CT molecular complexity index is 455. The number of hydrogen-bond donors (Lipinski definition) is 2. The van der Waals surface area contributed by atoms with E-state index in [0.717, 1.165) is 12.8 Å². The van der Waals surface area contributed by atoms with Crippen LogP contribution in [-0.2, 0) is 16.3 Å². The molecule has 0 heterocycles. The van der Waals surface area contributed by atoms with Crippen LogP contribution in [0.15, 0.2) is 0 Å². The molecule has 0 saturated heterocycles. The van der Waals surface area contributed by atoms with Crippen LogP contribution >= 0.6 is 6.72 Å². The zero-order valence-corrected chi connectivity index (χ0v) is 26.1. The van der Waals surface area contributed by atoms with Crippen molar-refractivity contribution in [2.24, 2.45) is 0 Å². The van der Waals surface area contributed by atoms with E-state index in [-0.39, 0.29) is 0 Å². The number of unbranched alkanes of at least 4 members (excludes halogenated alkanes) is 28. The van der Waals surface area contributed by atoms with Gasteiger partial charge in [0.15, 0.2) is 0 Å². The highest BCUT2D eigenvalue weighted by Crippen LogP contribution is 2.36. The van der Waals surface area contributed by atoms with Crippen LogP contribution in [0.1, 0.15) is 193 Å². The zero-order valence-electron chi connectivity index (χ0n) is 24.4. The monoisotopic (exact) mass is 548 g/mol. The van der Waals surface area contributed by atoms with E-state index in [1.807, 2.05) is 0 Å². The summed E-state index contributed by atoms with van der Waals surface area (Å²) in [6, 6.07) is 0. The number of rotatable bonds is 31. The summed E-state index contributed by atoms with van der Waals surface area (Å²) in [7, 11) is 0. The fourth-order valence-electron chi connectivity index (χ4n) is 5.13. The lowest BCUT2D eigenvalue weighted by Crippen LogP contribution is -1.92. The first-order chi connectivity index (χ1) is 17.6. The fourth-order valence-corrected chi connectivity index (χ4v) is 5.72. The largest absolute Gasteiger partial charge is 0.325 e. The van der Waals surface area contributed by atoms with E-state index in [1.165, 1.54) is 173 Å². The first-order valence-corrected chi connectivity index (χ1v) is 18.9. The summed E-state index contributed by atoms with van der Waals surface area (Å²) in [5.41, 5.74) is 0. The molecular weight excluding hydrogens is 483 g/mol. The molecule has 0 atom stereocenters. The van der Waals surface area contributed by atoms with Crippen molar-refractivity contribution < 1.29 is 14.3 Å². The molecule has 0 aromatic heterocycles. The highest BCUT2D eigenvalue weighted by atomic mass is 32.5. The molecule has 0 aliphatic heterocycles. The van der Waals surface area contributed by atoms with Gasteiger partial charge in [0.2, 0.25) is 0 Å². The summed E-state index contributed by atoms with van der Waals surface area (Å²) in [4.78, 5) is 18.0. The van der Waals surface area contributed by atoms with Crippen molar-refractivity contribution >= 4 is 18.5 Å². The lowest BCUT2D eigenvalue weighted by molar-refractivity contribution is 0.245. The molecule has 3 nitrogen and oxygen atoms in total. The summed E-state index contributed by atoms with van der Waals surface area (Å²) in [6.07, 6.45) is 40.5. The van der Waals surface area contributed by atoms with E-state index in [1.54, 1.807) is 0 Å². The molecule has 0 aromatic rings. The number of hydrogen-bond acceptors (Lipinski definition) is 2. The summed E-state index contributed by atoms with van der Waals surface area (Å²) in [6.45, 7) is -0.758. The van der Waals surface area contributed by atoms with Crippen LogP contribution in [0, 0.1) is 0 Å². The topological polar surface area (TPSA) is 49.7 Å². The van der Waals surface area contributed by atoms with Crippen molar-refractivity contribution in [2.45, 2.75) is 193 Å². The van der Waals surface area contributed by atoms with Crippen LogP contribution in [0.3, 0.4) is 0 Å². The van der Waals surface area contributed by atoms with Gasteiger partial charge in [-0.15, -0.1) is 0 Å². The van der Waals surface area contributed by atoms with E-state index >= 15 is 0 Å². The second-order valence-corrected chi connectivity index (χ2v) is 13.9. The molecule has 0 fully saturated rings. The normalized spacial score (nSPS) is 12.0. The molecule has 0 bridgehead atoms. The van der Waals surface area contributed by atoms with E-state index in [0.29, 0.717) is 6.61 Å². The Morgan fingerprint density at radius 1 is 0.389 bits per heavy atom. The third kappa shape index (κ3) is 34.5. The Morgan fingerprint density at radius 2 is 0.583 bits per heavy atom. The highest BCUT2D eigenvalue weighted by molar-refractivity contribution is 8.06. The molecule has 0 amide bonds. The molecule has 5 heteroatoms. The molecule has 2 N–H and O–H groups in total. The zero-order chi connectivity index (χ0) is 26.4. The second-order valence-electron chi connectivity index (χ2n) is 11.2. The molecule has 0 unspecified atom stereocenters. The molecular formula is C31H65O3PS. The van der Waals surface area contributed by atoms with E-state index < -0.39 is 6.72 Å². The van der Waals surface area contributed by atoms with Crippen molar-refractivity contribution in [3.05, 3.63) is 0 Å². The highest BCUT2D eigenvalue weighted by Gasteiger charge is 2.06. The minimum atomic E-state index is -3.43. The van der Waals surface area contributed by atoms with Gasteiger partial charge in [-0.2, -0.15) is 0 Å². The van der Waals surface area contributed by atoms with Gasteiger partial charge in [0.25, 0.3) is 0 Å². The summed E-state index contributed by atoms with van der Waals surface area (Å²) >= 11 is 4.43. The van der Waals surface area contributed by atoms with Crippen LogP contribution in [0.25, 0.3) is 0 Å². The molecule has 0 aliphatic rings. The van der Waals surface area contributed by atoms with Gasteiger partial charge in [0.1, 0.15) is 0 Å². The third-order valence-electron chi connectivity index (χ3n) is 7.51. The fraction of sp³-hybridized carbons (Fsp3) is 1.00. The summed E-state index contributed by atoms with van der Waals surface area (Å²) in [5, 5.41) is 0. The Hall–Kier alpha value is 0.530. The Morgan fingerprint density at radius 3 is 0.778 bits per heavy atom. The third-order valence-corrected chi connectivity index (χ3v) is 8.34. The van der Waals surface area contributed by atoms with Gasteiger partial charge >= 0.3 is 6.72 Å². The predicted molar refractivity (Wildman–Crippen MR) is 164 cm³/mol. The maximum absolute atomic E-state index is 8.98. The van der Waals surface area contributed by atoms with E-state index in [2.05, 4.69) is 18.7 Å². The van der Waals surface area contributed by atoms with Crippen LogP contribution in [0.4, 0.5) is 0 Å². The van der Waals surface area contributed by atoms with Gasteiger partial charge in [-0.25, -0.2) is 0 Å². The van der Waals surface area contributed by atoms with Gasteiger partial charge in [0, 0.05) is 0 Å². The van der Waals surface area contributed by atoms with Crippen molar-refractivity contribution in [2.75, 3.05) is 6.61 Å². The standard InChI is InChI=1S/C31H65O3PS/c1-2-3-4-5-6-7-8-9-10-11-12-13-14-15-16-17-18-19-20-21-22-23-24-25-26-27-28-29-30-31-34-35(32,33)36/h2-31H2,1H3,(H2,32,33,36). The molecule has 0 rings (SSSR count). The van der Waals surface area contributed by atoms with E-state index in [4.69, 9.17) is 14.3 Å². The maximum atomic E-state index is 8.98. The molecule has 0 radical (unpaired) electrons. The molecule has 218 valence electrons.